The predicted octanol–water partition coefficient (Wildman–Crippen LogP) is 2.58. The van der Waals surface area contributed by atoms with Gasteiger partial charge >= 0.3 is 0 Å². The molecule has 2 heteroatoms. The standard InChI is InChI=1S/C13H25NO/c1-15-9-3-2-4-11-5-6-12(11)10-14-13-7-8-13/h11-14H,2-10H2,1H3. The predicted molar refractivity (Wildman–Crippen MR) is 63.0 cm³/mol. The zero-order valence-corrected chi connectivity index (χ0v) is 10.0. The van der Waals surface area contributed by atoms with Crippen LogP contribution in [0.5, 0.6) is 0 Å². The van der Waals surface area contributed by atoms with Crippen molar-refractivity contribution in [2.75, 3.05) is 20.3 Å². The molecule has 0 amide bonds. The molecule has 0 spiro atoms. The molecule has 1 N–H and O–H groups in total. The first-order valence-corrected chi connectivity index (χ1v) is 6.62. The Kier molecular flexibility index (Phi) is 4.45. The Balaban J connectivity index is 1.49. The highest BCUT2D eigenvalue weighted by Gasteiger charge is 2.31. The van der Waals surface area contributed by atoms with Gasteiger partial charge in [0.2, 0.25) is 0 Å². The number of unbranched alkanes of at least 4 members (excludes halogenated alkanes) is 1. The minimum absolute atomic E-state index is 0.889. The Hall–Kier alpha value is -0.0800. The largest absolute Gasteiger partial charge is 0.385 e. The third kappa shape index (κ3) is 3.76. The monoisotopic (exact) mass is 211 g/mol. The molecular formula is C13H25NO. The highest BCUT2D eigenvalue weighted by atomic mass is 16.5. The quantitative estimate of drug-likeness (QED) is 0.623. The summed E-state index contributed by atoms with van der Waals surface area (Å²) in [6.07, 6.45) is 9.82. The van der Waals surface area contributed by atoms with Crippen LogP contribution < -0.4 is 5.32 Å². The number of ether oxygens (including phenoxy) is 1. The molecule has 2 aliphatic carbocycles. The number of hydrogen-bond donors (Lipinski definition) is 1. The molecule has 2 unspecified atom stereocenters. The van der Waals surface area contributed by atoms with Crippen molar-refractivity contribution in [3.63, 3.8) is 0 Å². The average molecular weight is 211 g/mol. The Morgan fingerprint density at radius 2 is 1.87 bits per heavy atom. The lowest BCUT2D eigenvalue weighted by atomic mass is 9.71. The van der Waals surface area contributed by atoms with Crippen LogP contribution in [0.15, 0.2) is 0 Å². The molecule has 0 aromatic rings. The fourth-order valence-corrected chi connectivity index (χ4v) is 2.55. The molecule has 2 fully saturated rings. The van der Waals surface area contributed by atoms with Gasteiger partial charge in [-0.05, 0) is 50.5 Å². The molecule has 2 nitrogen and oxygen atoms in total. The fourth-order valence-electron chi connectivity index (χ4n) is 2.55. The van der Waals surface area contributed by atoms with Crippen molar-refractivity contribution in [1.82, 2.24) is 5.32 Å². The maximum Gasteiger partial charge on any atom is 0.0462 e. The Bertz CT molecular complexity index is 179. The van der Waals surface area contributed by atoms with Gasteiger partial charge in [0.05, 0.1) is 0 Å². The molecule has 0 radical (unpaired) electrons. The highest BCUT2D eigenvalue weighted by molar-refractivity contribution is 4.87. The third-order valence-corrected chi connectivity index (χ3v) is 3.99. The summed E-state index contributed by atoms with van der Waals surface area (Å²) in [6, 6.07) is 0.889. The van der Waals surface area contributed by atoms with Gasteiger partial charge in [0.15, 0.2) is 0 Å². The van der Waals surface area contributed by atoms with Crippen LogP contribution in [0.1, 0.15) is 44.9 Å². The van der Waals surface area contributed by atoms with Gasteiger partial charge < -0.3 is 10.1 Å². The molecule has 2 atom stereocenters. The molecule has 88 valence electrons. The van der Waals surface area contributed by atoms with Crippen molar-refractivity contribution in [2.45, 2.75) is 51.0 Å². The molecule has 2 aliphatic rings. The summed E-state index contributed by atoms with van der Waals surface area (Å²) in [5.41, 5.74) is 0. The van der Waals surface area contributed by atoms with E-state index in [-0.39, 0.29) is 0 Å². The molecule has 2 saturated carbocycles. The summed E-state index contributed by atoms with van der Waals surface area (Å²) in [6.45, 7) is 2.23. The van der Waals surface area contributed by atoms with Crippen LogP contribution in [-0.4, -0.2) is 26.3 Å². The average Bonchev–Trinajstić information content (AvgIpc) is 3.00. The zero-order valence-electron chi connectivity index (χ0n) is 10.0. The topological polar surface area (TPSA) is 21.3 Å². The highest BCUT2D eigenvalue weighted by Crippen LogP contribution is 2.37. The lowest BCUT2D eigenvalue weighted by Gasteiger charge is -2.37. The van der Waals surface area contributed by atoms with E-state index in [1.165, 1.54) is 51.5 Å². The Morgan fingerprint density at radius 1 is 1.07 bits per heavy atom. The van der Waals surface area contributed by atoms with Gasteiger partial charge in [-0.25, -0.2) is 0 Å². The van der Waals surface area contributed by atoms with Crippen LogP contribution in [0.25, 0.3) is 0 Å². The van der Waals surface area contributed by atoms with Crippen molar-refractivity contribution in [1.29, 1.82) is 0 Å². The van der Waals surface area contributed by atoms with Gasteiger partial charge in [0.25, 0.3) is 0 Å². The second-order valence-electron chi connectivity index (χ2n) is 5.27. The summed E-state index contributed by atoms with van der Waals surface area (Å²) in [4.78, 5) is 0. The van der Waals surface area contributed by atoms with E-state index >= 15 is 0 Å². The number of methoxy groups -OCH3 is 1. The maximum absolute atomic E-state index is 5.08. The normalized spacial score (nSPS) is 30.2. The fraction of sp³-hybridized carbons (Fsp3) is 1.00. The van der Waals surface area contributed by atoms with E-state index in [1.807, 2.05) is 0 Å². The van der Waals surface area contributed by atoms with E-state index in [0.717, 1.165) is 24.5 Å². The summed E-state index contributed by atoms with van der Waals surface area (Å²) >= 11 is 0. The second-order valence-corrected chi connectivity index (χ2v) is 5.27. The summed E-state index contributed by atoms with van der Waals surface area (Å²) < 4.78 is 5.08. The molecule has 0 heterocycles. The van der Waals surface area contributed by atoms with Crippen molar-refractivity contribution in [3.8, 4) is 0 Å². The lowest BCUT2D eigenvalue weighted by molar-refractivity contribution is 0.145. The van der Waals surface area contributed by atoms with Crippen LogP contribution in [-0.2, 0) is 4.74 Å². The molecule has 0 aromatic heterocycles. The van der Waals surface area contributed by atoms with Crippen molar-refractivity contribution in [2.24, 2.45) is 11.8 Å². The smallest absolute Gasteiger partial charge is 0.0462 e. The molecule has 2 rings (SSSR count). The van der Waals surface area contributed by atoms with Crippen molar-refractivity contribution >= 4 is 0 Å². The molecular weight excluding hydrogens is 186 g/mol. The molecule has 0 aliphatic heterocycles. The zero-order chi connectivity index (χ0) is 10.5. The Labute approximate surface area is 93.8 Å². The first-order chi connectivity index (χ1) is 7.40. The van der Waals surface area contributed by atoms with Gasteiger partial charge in [-0.1, -0.05) is 12.8 Å². The summed E-state index contributed by atoms with van der Waals surface area (Å²) in [5, 5.41) is 3.67. The SMILES string of the molecule is COCCCCC1CCC1CNC1CC1. The molecule has 15 heavy (non-hydrogen) atoms. The van der Waals surface area contributed by atoms with E-state index in [0.29, 0.717) is 0 Å². The van der Waals surface area contributed by atoms with Crippen LogP contribution >= 0.6 is 0 Å². The van der Waals surface area contributed by atoms with Gasteiger partial charge in [-0.3, -0.25) is 0 Å². The summed E-state index contributed by atoms with van der Waals surface area (Å²) in [5.74, 6) is 2.02. The van der Waals surface area contributed by atoms with Crippen LogP contribution in [0.2, 0.25) is 0 Å². The van der Waals surface area contributed by atoms with E-state index in [9.17, 15) is 0 Å². The third-order valence-electron chi connectivity index (χ3n) is 3.99. The second kappa shape index (κ2) is 5.86. The maximum atomic E-state index is 5.08. The van der Waals surface area contributed by atoms with E-state index < -0.39 is 0 Å². The first-order valence-electron chi connectivity index (χ1n) is 6.62. The van der Waals surface area contributed by atoms with E-state index in [2.05, 4.69) is 5.32 Å². The first kappa shape index (κ1) is 11.4. The molecule has 0 saturated heterocycles. The van der Waals surface area contributed by atoms with Crippen LogP contribution in [0.4, 0.5) is 0 Å². The number of rotatable bonds is 8. The van der Waals surface area contributed by atoms with Gasteiger partial charge in [0, 0.05) is 19.8 Å². The lowest BCUT2D eigenvalue weighted by Crippen LogP contribution is -2.36. The molecule has 0 aromatic carbocycles. The van der Waals surface area contributed by atoms with Crippen molar-refractivity contribution < 1.29 is 4.74 Å². The summed E-state index contributed by atoms with van der Waals surface area (Å²) in [7, 11) is 1.80. The molecule has 0 bridgehead atoms. The number of hydrogen-bond acceptors (Lipinski definition) is 2. The van der Waals surface area contributed by atoms with Crippen LogP contribution in [0, 0.1) is 11.8 Å². The van der Waals surface area contributed by atoms with E-state index in [1.54, 1.807) is 7.11 Å². The Morgan fingerprint density at radius 3 is 2.47 bits per heavy atom. The van der Waals surface area contributed by atoms with E-state index in [4.69, 9.17) is 4.74 Å². The minimum atomic E-state index is 0.889. The minimum Gasteiger partial charge on any atom is -0.385 e. The number of nitrogens with one attached hydrogen (secondary N) is 1. The van der Waals surface area contributed by atoms with Gasteiger partial charge in [-0.2, -0.15) is 0 Å². The van der Waals surface area contributed by atoms with Crippen LogP contribution in [0.3, 0.4) is 0 Å². The van der Waals surface area contributed by atoms with Gasteiger partial charge in [-0.15, -0.1) is 0 Å². The van der Waals surface area contributed by atoms with Crippen molar-refractivity contribution in [3.05, 3.63) is 0 Å². The van der Waals surface area contributed by atoms with Gasteiger partial charge in [0.1, 0.15) is 0 Å².